The lowest BCUT2D eigenvalue weighted by molar-refractivity contribution is 0.542. The van der Waals surface area contributed by atoms with Crippen LogP contribution in [0.25, 0.3) is 11.6 Å². The zero-order valence-corrected chi connectivity index (χ0v) is 17.2. The molecule has 0 amide bonds. The lowest BCUT2D eigenvalue weighted by Gasteiger charge is -2.15. The number of H-pyrrole nitrogens is 1. The summed E-state index contributed by atoms with van der Waals surface area (Å²) in [7, 11) is 0. The molecule has 2 N–H and O–H groups in total. The maximum absolute atomic E-state index is 5.98. The Morgan fingerprint density at radius 2 is 1.84 bits per heavy atom. The molecule has 3 aliphatic rings. The van der Waals surface area contributed by atoms with Gasteiger partial charge in [-0.1, -0.05) is 29.4 Å². The number of aromatic nitrogens is 7. The predicted octanol–water partition coefficient (Wildman–Crippen LogP) is 2.07. The number of anilines is 2. The van der Waals surface area contributed by atoms with Crippen molar-refractivity contribution in [3.63, 3.8) is 0 Å². The van der Waals surface area contributed by atoms with Crippen LogP contribution in [-0.4, -0.2) is 54.7 Å². The number of aromatic amines is 1. The Morgan fingerprint density at radius 1 is 1.03 bits per heavy atom. The molecular formula is C22H21N9O. The van der Waals surface area contributed by atoms with Gasteiger partial charge in [0.2, 0.25) is 5.95 Å². The van der Waals surface area contributed by atoms with Gasteiger partial charge in [0.05, 0.1) is 11.9 Å². The molecule has 2 aliphatic carbocycles. The molecule has 4 aromatic rings. The van der Waals surface area contributed by atoms with Crippen LogP contribution in [0.4, 0.5) is 12.0 Å². The van der Waals surface area contributed by atoms with Gasteiger partial charge in [-0.15, -0.1) is 5.10 Å². The molecule has 1 aliphatic heterocycles. The fraction of sp³-hybridized carbons (Fsp3) is 0.364. The Bertz CT molecular complexity index is 1230. The van der Waals surface area contributed by atoms with Gasteiger partial charge in [0.1, 0.15) is 5.69 Å². The van der Waals surface area contributed by atoms with Crippen LogP contribution in [0.2, 0.25) is 0 Å². The Balaban J connectivity index is 1.03. The van der Waals surface area contributed by atoms with Crippen molar-refractivity contribution in [3.8, 4) is 11.6 Å². The van der Waals surface area contributed by atoms with Gasteiger partial charge in [0.25, 0.3) is 5.89 Å². The summed E-state index contributed by atoms with van der Waals surface area (Å²) in [5.74, 6) is 2.62. The topological polar surface area (TPSA) is 122 Å². The number of fused-ring (bicyclic) bond motifs is 2. The third-order valence-corrected chi connectivity index (χ3v) is 6.91. The van der Waals surface area contributed by atoms with Gasteiger partial charge in [-0.3, -0.25) is 0 Å². The second-order valence-electron chi connectivity index (χ2n) is 8.83. The number of piperidine rings is 1. The highest BCUT2D eigenvalue weighted by Gasteiger charge is 2.58. The fourth-order valence-electron chi connectivity index (χ4n) is 5.33. The van der Waals surface area contributed by atoms with Crippen LogP contribution in [0.5, 0.6) is 0 Å². The van der Waals surface area contributed by atoms with E-state index in [4.69, 9.17) is 4.42 Å². The molecular weight excluding hydrogens is 406 g/mol. The van der Waals surface area contributed by atoms with Crippen molar-refractivity contribution >= 4 is 12.0 Å². The van der Waals surface area contributed by atoms with E-state index >= 15 is 0 Å². The van der Waals surface area contributed by atoms with Crippen molar-refractivity contribution in [3.05, 3.63) is 59.5 Å². The number of hydrogen-bond acceptors (Lipinski definition) is 9. The van der Waals surface area contributed by atoms with E-state index in [1.807, 2.05) is 6.20 Å². The molecule has 0 radical (unpaired) electrons. The lowest BCUT2D eigenvalue weighted by atomic mass is 10.1. The second kappa shape index (κ2) is 6.84. The maximum Gasteiger partial charge on any atom is 0.318 e. The first-order valence-corrected chi connectivity index (χ1v) is 10.9. The SMILES string of the molecule is c1ccc2c(c1)CC(Nc1nccc(-c3nnc(N4CC5C(C4)C5c4cn[nH]n4)o3)n1)C2. The summed E-state index contributed by atoms with van der Waals surface area (Å²) in [6.07, 6.45) is 5.50. The zero-order chi connectivity index (χ0) is 21.1. The van der Waals surface area contributed by atoms with Gasteiger partial charge in [-0.25, -0.2) is 9.97 Å². The van der Waals surface area contributed by atoms with E-state index in [0.717, 1.165) is 31.6 Å². The summed E-state index contributed by atoms with van der Waals surface area (Å²) in [6, 6.07) is 11.2. The Labute approximate surface area is 183 Å². The standard InChI is InChI=1S/C22H21N9O/c1-2-4-13-8-14(7-12(13)3-1)25-21-23-6-5-17(26-21)20-28-29-22(32-20)31-10-15-16(11-31)19(15)18-9-24-30-27-18/h1-6,9,14-16,19H,7-8,10-11H2,(H,23,25,26)(H,24,27,30). The molecule has 4 heterocycles. The molecule has 2 unspecified atom stereocenters. The van der Waals surface area contributed by atoms with Crippen LogP contribution in [-0.2, 0) is 12.8 Å². The molecule has 3 aromatic heterocycles. The molecule has 1 saturated carbocycles. The van der Waals surface area contributed by atoms with Crippen molar-refractivity contribution in [1.82, 2.24) is 35.6 Å². The van der Waals surface area contributed by atoms with Crippen LogP contribution in [0.3, 0.4) is 0 Å². The average Bonchev–Trinajstić information content (AvgIpc) is 3.45. The van der Waals surface area contributed by atoms with Crippen LogP contribution in [0, 0.1) is 11.8 Å². The third-order valence-electron chi connectivity index (χ3n) is 6.91. The molecule has 2 atom stereocenters. The van der Waals surface area contributed by atoms with Crippen molar-refractivity contribution in [2.75, 3.05) is 23.3 Å². The van der Waals surface area contributed by atoms with Crippen LogP contribution in [0.1, 0.15) is 22.7 Å². The minimum Gasteiger partial charge on any atom is -0.402 e. The number of nitrogens with zero attached hydrogens (tertiary/aromatic N) is 7. The van der Waals surface area contributed by atoms with E-state index < -0.39 is 0 Å². The quantitative estimate of drug-likeness (QED) is 0.493. The van der Waals surface area contributed by atoms with Gasteiger partial charge in [0, 0.05) is 31.2 Å². The summed E-state index contributed by atoms with van der Waals surface area (Å²) in [4.78, 5) is 11.2. The molecule has 1 saturated heterocycles. The van der Waals surface area contributed by atoms with Crippen LogP contribution < -0.4 is 10.2 Å². The van der Waals surface area contributed by atoms with Gasteiger partial charge >= 0.3 is 6.01 Å². The van der Waals surface area contributed by atoms with E-state index in [1.165, 1.54) is 11.1 Å². The number of nitrogens with one attached hydrogen (secondary N) is 2. The molecule has 10 nitrogen and oxygen atoms in total. The first-order chi connectivity index (χ1) is 15.8. The first-order valence-electron chi connectivity index (χ1n) is 10.9. The largest absolute Gasteiger partial charge is 0.402 e. The Hall–Kier alpha value is -3.82. The van der Waals surface area contributed by atoms with Gasteiger partial charge in [-0.05, 0) is 41.9 Å². The van der Waals surface area contributed by atoms with E-state index in [2.05, 4.69) is 70.1 Å². The monoisotopic (exact) mass is 427 g/mol. The van der Waals surface area contributed by atoms with Crippen molar-refractivity contribution in [2.24, 2.45) is 11.8 Å². The zero-order valence-electron chi connectivity index (χ0n) is 17.2. The van der Waals surface area contributed by atoms with Crippen LogP contribution in [0.15, 0.2) is 47.1 Å². The minimum atomic E-state index is 0.287. The Kier molecular flexibility index (Phi) is 3.81. The molecule has 10 heteroatoms. The van der Waals surface area contributed by atoms with E-state index in [0.29, 0.717) is 41.3 Å². The van der Waals surface area contributed by atoms with Crippen molar-refractivity contribution in [2.45, 2.75) is 24.8 Å². The van der Waals surface area contributed by atoms with E-state index in [1.54, 1.807) is 12.3 Å². The second-order valence-corrected chi connectivity index (χ2v) is 8.83. The average molecular weight is 427 g/mol. The lowest BCUT2D eigenvalue weighted by Crippen LogP contribution is -2.23. The summed E-state index contributed by atoms with van der Waals surface area (Å²) in [5, 5.41) is 22.8. The molecule has 2 fully saturated rings. The predicted molar refractivity (Wildman–Crippen MR) is 115 cm³/mol. The van der Waals surface area contributed by atoms with Gasteiger partial charge < -0.3 is 14.6 Å². The van der Waals surface area contributed by atoms with E-state index in [9.17, 15) is 0 Å². The highest BCUT2D eigenvalue weighted by atomic mass is 16.4. The molecule has 32 heavy (non-hydrogen) atoms. The normalized spacial score (nSPS) is 23.9. The summed E-state index contributed by atoms with van der Waals surface area (Å²) >= 11 is 0. The number of benzene rings is 1. The first kappa shape index (κ1) is 17.8. The number of rotatable bonds is 5. The molecule has 1 aromatic carbocycles. The van der Waals surface area contributed by atoms with Gasteiger partial charge in [-0.2, -0.15) is 15.4 Å². The Morgan fingerprint density at radius 3 is 2.59 bits per heavy atom. The molecule has 160 valence electrons. The fourth-order valence-corrected chi connectivity index (χ4v) is 5.33. The van der Waals surface area contributed by atoms with Crippen molar-refractivity contribution in [1.29, 1.82) is 0 Å². The summed E-state index contributed by atoms with van der Waals surface area (Å²) in [6.45, 7) is 1.78. The molecule has 0 spiro atoms. The maximum atomic E-state index is 5.98. The molecule has 7 rings (SSSR count). The highest BCUT2D eigenvalue weighted by Crippen LogP contribution is 2.58. The smallest absolute Gasteiger partial charge is 0.318 e. The number of hydrogen-bond donors (Lipinski definition) is 2. The summed E-state index contributed by atoms with van der Waals surface area (Å²) in [5.41, 5.74) is 4.45. The van der Waals surface area contributed by atoms with E-state index in [-0.39, 0.29) is 6.04 Å². The summed E-state index contributed by atoms with van der Waals surface area (Å²) < 4.78 is 5.98. The third kappa shape index (κ3) is 2.94. The van der Waals surface area contributed by atoms with Crippen LogP contribution >= 0.6 is 0 Å². The van der Waals surface area contributed by atoms with Gasteiger partial charge in [0.15, 0.2) is 0 Å². The highest BCUT2D eigenvalue weighted by molar-refractivity contribution is 5.51. The van der Waals surface area contributed by atoms with Crippen molar-refractivity contribution < 1.29 is 4.42 Å². The minimum absolute atomic E-state index is 0.287. The molecule has 0 bridgehead atoms.